The number of nitrogens with two attached hydrogens (primary N) is 1. The van der Waals surface area contributed by atoms with Gasteiger partial charge in [-0.25, -0.2) is 4.79 Å². The molecule has 0 aliphatic carbocycles. The number of thioether (sulfide) groups is 1. The van der Waals surface area contributed by atoms with Crippen LogP contribution in [0.25, 0.3) is 11.4 Å². The van der Waals surface area contributed by atoms with E-state index in [2.05, 4.69) is 17.1 Å². The van der Waals surface area contributed by atoms with Gasteiger partial charge in [-0.2, -0.15) is 4.98 Å². The third-order valence-electron chi connectivity index (χ3n) is 3.89. The van der Waals surface area contributed by atoms with E-state index in [1.165, 1.54) is 17.3 Å². The molecule has 0 spiro atoms. The van der Waals surface area contributed by atoms with E-state index in [9.17, 15) is 9.59 Å². The topological polar surface area (TPSA) is 108 Å². The second kappa shape index (κ2) is 9.18. The Morgan fingerprint density at radius 1 is 1.14 bits per heavy atom. The summed E-state index contributed by atoms with van der Waals surface area (Å²) < 4.78 is 10.4. The number of esters is 1. The minimum Gasteiger partial charge on any atom is -0.452 e. The maximum atomic E-state index is 12.4. The van der Waals surface area contributed by atoms with Crippen molar-refractivity contribution in [3.63, 3.8) is 0 Å². The number of aromatic nitrogens is 2. The van der Waals surface area contributed by atoms with E-state index >= 15 is 0 Å². The van der Waals surface area contributed by atoms with Crippen LogP contribution in [0.15, 0.2) is 57.9 Å². The van der Waals surface area contributed by atoms with Crippen molar-refractivity contribution in [2.45, 2.75) is 24.8 Å². The van der Waals surface area contributed by atoms with Gasteiger partial charge in [0.25, 0.3) is 5.89 Å². The molecule has 0 fully saturated rings. The number of aryl methyl sites for hydroxylation is 1. The number of rotatable bonds is 8. The second-order valence-electron chi connectivity index (χ2n) is 5.89. The Hall–Kier alpha value is -3.13. The zero-order chi connectivity index (χ0) is 19.9. The summed E-state index contributed by atoms with van der Waals surface area (Å²) in [5.41, 5.74) is 7.56. The van der Waals surface area contributed by atoms with Gasteiger partial charge in [-0.1, -0.05) is 48.5 Å². The summed E-state index contributed by atoms with van der Waals surface area (Å²) in [7, 11) is 0. The highest BCUT2D eigenvalue weighted by Crippen LogP contribution is 2.23. The Bertz CT molecular complexity index is 970. The van der Waals surface area contributed by atoms with Gasteiger partial charge in [0.1, 0.15) is 0 Å². The van der Waals surface area contributed by atoms with Gasteiger partial charge in [0.05, 0.1) is 11.3 Å². The molecule has 28 heavy (non-hydrogen) atoms. The van der Waals surface area contributed by atoms with Crippen molar-refractivity contribution in [3.8, 4) is 11.4 Å². The van der Waals surface area contributed by atoms with Crippen molar-refractivity contribution in [2.75, 3.05) is 5.75 Å². The highest BCUT2D eigenvalue weighted by molar-refractivity contribution is 8.00. The highest BCUT2D eigenvalue weighted by atomic mass is 32.2. The summed E-state index contributed by atoms with van der Waals surface area (Å²) >= 11 is 1.18. The maximum Gasteiger partial charge on any atom is 0.339 e. The highest BCUT2D eigenvalue weighted by Gasteiger charge is 2.16. The van der Waals surface area contributed by atoms with Crippen molar-refractivity contribution < 1.29 is 18.8 Å². The fraction of sp³-hybridized carbons (Fsp3) is 0.200. The molecule has 0 aliphatic heterocycles. The Kier molecular flexibility index (Phi) is 6.44. The third-order valence-corrected chi connectivity index (χ3v) is 4.99. The fourth-order valence-corrected chi connectivity index (χ4v) is 3.21. The molecular weight excluding hydrogens is 378 g/mol. The molecule has 3 aromatic rings. The first-order valence-electron chi connectivity index (χ1n) is 8.66. The van der Waals surface area contributed by atoms with E-state index in [1.54, 1.807) is 24.3 Å². The molecule has 0 bridgehead atoms. The summed E-state index contributed by atoms with van der Waals surface area (Å²) in [6.45, 7) is 1.94. The van der Waals surface area contributed by atoms with Crippen LogP contribution in [0.1, 0.15) is 28.7 Å². The Morgan fingerprint density at radius 3 is 2.61 bits per heavy atom. The van der Waals surface area contributed by atoms with Crippen LogP contribution in [0.5, 0.6) is 0 Å². The van der Waals surface area contributed by atoms with Crippen LogP contribution >= 0.6 is 11.8 Å². The molecule has 2 N–H and O–H groups in total. The molecule has 7 nitrogen and oxygen atoms in total. The minimum absolute atomic E-state index is 0.0775. The quantitative estimate of drug-likeness (QED) is 0.459. The van der Waals surface area contributed by atoms with E-state index in [-0.39, 0.29) is 18.3 Å². The van der Waals surface area contributed by atoms with E-state index in [4.69, 9.17) is 15.0 Å². The van der Waals surface area contributed by atoms with Gasteiger partial charge in [0.15, 0.2) is 6.61 Å². The average Bonchev–Trinajstić information content (AvgIpc) is 3.20. The van der Waals surface area contributed by atoms with Crippen LogP contribution in [0.4, 0.5) is 0 Å². The lowest BCUT2D eigenvalue weighted by molar-refractivity contribution is -0.115. The van der Waals surface area contributed by atoms with Gasteiger partial charge in [-0.15, -0.1) is 11.8 Å². The van der Waals surface area contributed by atoms with Gasteiger partial charge in [-0.3, -0.25) is 4.79 Å². The zero-order valence-electron chi connectivity index (χ0n) is 15.3. The Balaban J connectivity index is 1.64. The number of hydrogen-bond donors (Lipinski definition) is 1. The van der Waals surface area contributed by atoms with Crippen LogP contribution in [0.3, 0.4) is 0 Å². The molecule has 0 radical (unpaired) electrons. The average molecular weight is 397 g/mol. The molecular formula is C20H19N3O4S. The van der Waals surface area contributed by atoms with Crippen LogP contribution < -0.4 is 5.73 Å². The fourth-order valence-electron chi connectivity index (χ4n) is 2.44. The Labute approximate surface area is 166 Å². The summed E-state index contributed by atoms with van der Waals surface area (Å²) in [6.07, 6.45) is 0.951. The first kappa shape index (κ1) is 19.6. The number of nitrogens with zero attached hydrogens (tertiary/aromatic N) is 2. The smallest absolute Gasteiger partial charge is 0.339 e. The molecule has 0 unspecified atom stereocenters. The summed E-state index contributed by atoms with van der Waals surface area (Å²) in [5.74, 6) is -0.289. The van der Waals surface area contributed by atoms with E-state index in [0.29, 0.717) is 16.3 Å². The lowest BCUT2D eigenvalue weighted by atomic mass is 10.1. The number of primary amides is 1. The second-order valence-corrected chi connectivity index (χ2v) is 6.91. The molecule has 0 aliphatic rings. The molecule has 1 heterocycles. The number of ether oxygens (including phenoxy) is 1. The lowest BCUT2D eigenvalue weighted by Crippen LogP contribution is -2.14. The standard InChI is InChI=1S/C20H19N3O4S/c1-2-13-7-9-14(10-8-13)19-22-18(27-23-19)11-26-20(25)15-5-3-4-6-16(15)28-12-17(21)24/h3-10H,2,11-12H2,1H3,(H2,21,24). The number of benzene rings is 2. The predicted octanol–water partition coefficient (Wildman–Crippen LogP) is 3.23. The molecule has 1 amide bonds. The number of amides is 1. The summed E-state index contributed by atoms with van der Waals surface area (Å²) in [5, 5.41) is 3.93. The molecule has 0 saturated carbocycles. The molecule has 1 aromatic heterocycles. The van der Waals surface area contributed by atoms with Gasteiger partial charge < -0.3 is 15.0 Å². The number of hydrogen-bond acceptors (Lipinski definition) is 7. The maximum absolute atomic E-state index is 12.4. The van der Waals surface area contributed by atoms with E-state index < -0.39 is 11.9 Å². The van der Waals surface area contributed by atoms with Gasteiger partial charge >= 0.3 is 5.97 Å². The Morgan fingerprint density at radius 2 is 1.89 bits per heavy atom. The molecule has 3 rings (SSSR count). The van der Waals surface area contributed by atoms with Crippen molar-refractivity contribution in [1.29, 1.82) is 0 Å². The number of carbonyl (C=O) groups is 2. The lowest BCUT2D eigenvalue weighted by Gasteiger charge is -2.07. The van der Waals surface area contributed by atoms with Gasteiger partial charge in [-0.05, 0) is 24.1 Å². The first-order chi connectivity index (χ1) is 13.6. The first-order valence-corrected chi connectivity index (χ1v) is 9.64. The van der Waals surface area contributed by atoms with Crippen LogP contribution in [0, 0.1) is 0 Å². The van der Waals surface area contributed by atoms with Crippen LogP contribution in [-0.4, -0.2) is 27.8 Å². The normalized spacial score (nSPS) is 10.6. The van der Waals surface area contributed by atoms with Gasteiger partial charge in [0, 0.05) is 10.5 Å². The van der Waals surface area contributed by atoms with Crippen LogP contribution in [-0.2, 0) is 22.6 Å². The monoisotopic (exact) mass is 397 g/mol. The molecule has 8 heteroatoms. The van der Waals surface area contributed by atoms with E-state index in [0.717, 1.165) is 12.0 Å². The summed E-state index contributed by atoms with van der Waals surface area (Å²) in [4.78, 5) is 28.2. The van der Waals surface area contributed by atoms with Crippen LogP contribution in [0.2, 0.25) is 0 Å². The molecule has 0 saturated heterocycles. The molecule has 144 valence electrons. The minimum atomic E-state index is -0.542. The van der Waals surface area contributed by atoms with Crippen molar-refractivity contribution in [3.05, 3.63) is 65.5 Å². The summed E-state index contributed by atoms with van der Waals surface area (Å²) in [6, 6.07) is 14.7. The van der Waals surface area contributed by atoms with Crippen molar-refractivity contribution >= 4 is 23.6 Å². The third kappa shape index (κ3) is 4.98. The molecule has 0 atom stereocenters. The SMILES string of the molecule is CCc1ccc(-c2noc(COC(=O)c3ccccc3SCC(N)=O)n2)cc1. The van der Waals surface area contributed by atoms with Gasteiger partial charge in [0.2, 0.25) is 11.7 Å². The zero-order valence-corrected chi connectivity index (χ0v) is 16.1. The largest absolute Gasteiger partial charge is 0.452 e. The predicted molar refractivity (Wildman–Crippen MR) is 105 cm³/mol. The number of carbonyl (C=O) groups excluding carboxylic acids is 2. The molecule has 2 aromatic carbocycles. The van der Waals surface area contributed by atoms with E-state index in [1.807, 2.05) is 24.3 Å². The van der Waals surface area contributed by atoms with Crippen molar-refractivity contribution in [1.82, 2.24) is 10.1 Å². The van der Waals surface area contributed by atoms with Crippen molar-refractivity contribution in [2.24, 2.45) is 5.73 Å².